The number of halogens is 2. The van der Waals surface area contributed by atoms with Crippen LogP contribution in [0.2, 0.25) is 5.02 Å². The summed E-state index contributed by atoms with van der Waals surface area (Å²) in [5, 5.41) is 18.0. The molecule has 49 heavy (non-hydrogen) atoms. The number of rotatable bonds is 13. The number of anilines is 1. The third kappa shape index (κ3) is 8.20. The van der Waals surface area contributed by atoms with Gasteiger partial charge in [-0.05, 0) is 73.7 Å². The van der Waals surface area contributed by atoms with Crippen LogP contribution < -0.4 is 5.32 Å². The van der Waals surface area contributed by atoms with Gasteiger partial charge in [-0.25, -0.2) is 9.07 Å². The standard InChI is InChI=1S/C38H43ClFN5O4/c1-4-6-17-43(18-7-5-2)38(49)34-19-25(3)45(42-34)35-16-15-28(41-36(47)22-30-32(39)13-10-14-33(30)40)21-31(35)37(48)44-23-27-12-9-8-11-26(27)20-29(44)24-46/h8-16,19,21,29,46H,4-7,17-18,20,22-24H2,1-3H3,(H,41,47). The molecule has 0 fully saturated rings. The van der Waals surface area contributed by atoms with Crippen LogP contribution >= 0.6 is 11.6 Å². The average Bonchev–Trinajstić information content (AvgIpc) is 3.49. The summed E-state index contributed by atoms with van der Waals surface area (Å²) in [6, 6.07) is 18.2. The van der Waals surface area contributed by atoms with E-state index in [1.54, 1.807) is 33.8 Å². The zero-order valence-electron chi connectivity index (χ0n) is 28.2. The van der Waals surface area contributed by atoms with E-state index in [1.165, 1.54) is 18.2 Å². The average molecular weight is 688 g/mol. The number of fused-ring (bicyclic) bond motifs is 1. The van der Waals surface area contributed by atoms with E-state index in [4.69, 9.17) is 16.7 Å². The van der Waals surface area contributed by atoms with Crippen molar-refractivity contribution in [2.45, 2.75) is 71.9 Å². The second-order valence-corrected chi connectivity index (χ2v) is 12.9. The number of aryl methyl sites for hydroxylation is 1. The summed E-state index contributed by atoms with van der Waals surface area (Å²) in [5.41, 5.74) is 4.01. The molecule has 2 N–H and O–H groups in total. The number of unbranched alkanes of at least 4 members (excludes halogenated alkanes) is 2. The Kier molecular flexibility index (Phi) is 11.9. The fraction of sp³-hybridized carbons (Fsp3) is 0.368. The van der Waals surface area contributed by atoms with Crippen LogP contribution in [0.3, 0.4) is 0 Å². The lowest BCUT2D eigenvalue weighted by Crippen LogP contribution is -2.46. The van der Waals surface area contributed by atoms with Crippen LogP contribution in [0.5, 0.6) is 0 Å². The number of hydrogen-bond acceptors (Lipinski definition) is 5. The van der Waals surface area contributed by atoms with Crippen molar-refractivity contribution in [1.82, 2.24) is 19.6 Å². The quantitative estimate of drug-likeness (QED) is 0.162. The second kappa shape index (κ2) is 16.2. The van der Waals surface area contributed by atoms with Crippen LogP contribution in [-0.4, -0.2) is 68.1 Å². The Bertz CT molecular complexity index is 1800. The number of carbonyl (C=O) groups is 3. The van der Waals surface area contributed by atoms with E-state index < -0.39 is 17.8 Å². The van der Waals surface area contributed by atoms with Crippen LogP contribution in [0.1, 0.15) is 82.8 Å². The fourth-order valence-corrected chi connectivity index (χ4v) is 6.41. The zero-order valence-corrected chi connectivity index (χ0v) is 29.0. The first-order chi connectivity index (χ1) is 23.6. The van der Waals surface area contributed by atoms with Crippen LogP contribution in [-0.2, 0) is 24.2 Å². The molecule has 1 aliphatic rings. The van der Waals surface area contributed by atoms with Gasteiger partial charge in [0, 0.05) is 41.6 Å². The van der Waals surface area contributed by atoms with Gasteiger partial charge in [0.25, 0.3) is 11.8 Å². The smallest absolute Gasteiger partial charge is 0.274 e. The Balaban J connectivity index is 1.52. The monoisotopic (exact) mass is 687 g/mol. The van der Waals surface area contributed by atoms with Gasteiger partial charge in [0.05, 0.1) is 30.3 Å². The largest absolute Gasteiger partial charge is 0.394 e. The van der Waals surface area contributed by atoms with Gasteiger partial charge in [-0.3, -0.25) is 14.4 Å². The fourth-order valence-electron chi connectivity index (χ4n) is 6.18. The molecule has 2 heterocycles. The predicted octanol–water partition coefficient (Wildman–Crippen LogP) is 6.76. The van der Waals surface area contributed by atoms with Crippen molar-refractivity contribution in [3.8, 4) is 5.69 Å². The molecule has 0 bridgehead atoms. The van der Waals surface area contributed by atoms with Crippen LogP contribution in [0, 0.1) is 12.7 Å². The third-order valence-corrected chi connectivity index (χ3v) is 9.28. The molecule has 258 valence electrons. The van der Waals surface area contributed by atoms with Crippen molar-refractivity contribution >= 4 is 35.0 Å². The van der Waals surface area contributed by atoms with Gasteiger partial charge in [0.1, 0.15) is 5.82 Å². The minimum Gasteiger partial charge on any atom is -0.394 e. The van der Waals surface area contributed by atoms with E-state index >= 15 is 0 Å². The van der Waals surface area contributed by atoms with Crippen LogP contribution in [0.15, 0.2) is 66.7 Å². The molecule has 9 nitrogen and oxygen atoms in total. The van der Waals surface area contributed by atoms with Gasteiger partial charge < -0.3 is 20.2 Å². The van der Waals surface area contributed by atoms with Gasteiger partial charge in [-0.1, -0.05) is 68.6 Å². The second-order valence-electron chi connectivity index (χ2n) is 12.5. The number of nitrogens with zero attached hydrogens (tertiary/aromatic N) is 4. The van der Waals surface area contributed by atoms with Crippen molar-refractivity contribution in [2.24, 2.45) is 0 Å². The van der Waals surface area contributed by atoms with E-state index in [9.17, 15) is 23.9 Å². The molecule has 0 spiro atoms. The highest BCUT2D eigenvalue weighted by Crippen LogP contribution is 2.29. The molecule has 4 aromatic rings. The van der Waals surface area contributed by atoms with Crippen LogP contribution in [0.4, 0.5) is 10.1 Å². The van der Waals surface area contributed by atoms with Crippen molar-refractivity contribution in [2.75, 3.05) is 25.0 Å². The predicted molar refractivity (Wildman–Crippen MR) is 189 cm³/mol. The van der Waals surface area contributed by atoms with Crippen molar-refractivity contribution in [1.29, 1.82) is 0 Å². The number of nitrogens with one attached hydrogen (secondary N) is 1. The summed E-state index contributed by atoms with van der Waals surface area (Å²) in [7, 11) is 0. The topological polar surface area (TPSA) is 108 Å². The number of hydrogen-bond donors (Lipinski definition) is 2. The molecule has 0 radical (unpaired) electrons. The van der Waals surface area contributed by atoms with E-state index in [-0.39, 0.29) is 53.2 Å². The lowest BCUT2D eigenvalue weighted by Gasteiger charge is -2.36. The van der Waals surface area contributed by atoms with E-state index in [0.29, 0.717) is 36.6 Å². The molecular weight excluding hydrogens is 645 g/mol. The lowest BCUT2D eigenvalue weighted by molar-refractivity contribution is -0.115. The SMILES string of the molecule is CCCCN(CCCC)C(=O)c1cc(C)n(-c2ccc(NC(=O)Cc3c(F)cccc3Cl)cc2C(=O)N2Cc3ccccc3CC2CO)n1. The summed E-state index contributed by atoms with van der Waals surface area (Å²) in [6.07, 6.45) is 3.87. The molecule has 1 aliphatic heterocycles. The number of aromatic nitrogens is 2. The molecular formula is C38H43ClFN5O4. The molecule has 0 aliphatic carbocycles. The maximum absolute atomic E-state index is 14.5. The Morgan fingerprint density at radius 3 is 2.39 bits per heavy atom. The first-order valence-corrected chi connectivity index (χ1v) is 17.2. The number of benzene rings is 3. The number of carbonyl (C=O) groups excluding carboxylic acids is 3. The summed E-state index contributed by atoms with van der Waals surface area (Å²) in [5.74, 6) is -1.63. The summed E-state index contributed by atoms with van der Waals surface area (Å²) >= 11 is 6.16. The Labute approximate surface area is 291 Å². The van der Waals surface area contributed by atoms with Crippen molar-refractivity contribution in [3.05, 3.63) is 111 Å². The maximum Gasteiger partial charge on any atom is 0.274 e. The minimum atomic E-state index is -0.586. The minimum absolute atomic E-state index is 0.0728. The van der Waals surface area contributed by atoms with Gasteiger partial charge >= 0.3 is 0 Å². The first kappa shape index (κ1) is 35.8. The van der Waals surface area contributed by atoms with Crippen LogP contribution in [0.25, 0.3) is 5.69 Å². The Hall–Kier alpha value is -4.54. The van der Waals surface area contributed by atoms with E-state index in [1.807, 2.05) is 36.1 Å². The molecule has 0 saturated carbocycles. The van der Waals surface area contributed by atoms with E-state index in [0.717, 1.165) is 36.8 Å². The summed E-state index contributed by atoms with van der Waals surface area (Å²) < 4.78 is 16.0. The molecule has 3 aromatic carbocycles. The van der Waals surface area contributed by atoms with Crippen molar-refractivity contribution in [3.63, 3.8) is 0 Å². The van der Waals surface area contributed by atoms with Gasteiger partial charge in [0.2, 0.25) is 5.91 Å². The molecule has 1 aromatic heterocycles. The molecule has 1 unspecified atom stereocenters. The highest BCUT2D eigenvalue weighted by molar-refractivity contribution is 6.31. The molecule has 1 atom stereocenters. The van der Waals surface area contributed by atoms with Gasteiger partial charge in [-0.2, -0.15) is 5.10 Å². The first-order valence-electron chi connectivity index (χ1n) is 16.9. The number of aliphatic hydroxyl groups is 1. The highest BCUT2D eigenvalue weighted by Gasteiger charge is 2.32. The Morgan fingerprint density at radius 1 is 1.00 bits per heavy atom. The number of aliphatic hydroxyl groups excluding tert-OH is 1. The van der Waals surface area contributed by atoms with Gasteiger partial charge in [-0.15, -0.1) is 0 Å². The van der Waals surface area contributed by atoms with Gasteiger partial charge in [0.15, 0.2) is 5.69 Å². The highest BCUT2D eigenvalue weighted by atomic mass is 35.5. The third-order valence-electron chi connectivity index (χ3n) is 8.92. The molecule has 11 heteroatoms. The normalized spacial score (nSPS) is 14.0. The Morgan fingerprint density at radius 2 is 1.71 bits per heavy atom. The molecule has 5 rings (SSSR count). The lowest BCUT2D eigenvalue weighted by atomic mass is 9.93. The maximum atomic E-state index is 14.5. The van der Waals surface area contributed by atoms with Crippen molar-refractivity contribution < 1.29 is 23.9 Å². The summed E-state index contributed by atoms with van der Waals surface area (Å²) in [6.45, 7) is 7.31. The zero-order chi connectivity index (χ0) is 35.1. The molecule has 3 amide bonds. The molecule has 0 saturated heterocycles. The summed E-state index contributed by atoms with van der Waals surface area (Å²) in [4.78, 5) is 44.7. The number of amides is 3. The van der Waals surface area contributed by atoms with E-state index in [2.05, 4.69) is 19.2 Å².